The van der Waals surface area contributed by atoms with Crippen molar-refractivity contribution in [3.8, 4) is 5.75 Å². The van der Waals surface area contributed by atoms with Gasteiger partial charge < -0.3 is 9.47 Å². The SMILES string of the molecule is COc1cccc([C@@H]2CO[C@H](CBr)C2)c1. The predicted octanol–water partition coefficient (Wildman–Crippen LogP) is 2.96. The molecule has 1 fully saturated rings. The average molecular weight is 271 g/mol. The first-order valence-corrected chi connectivity index (χ1v) is 6.27. The molecule has 0 saturated carbocycles. The van der Waals surface area contributed by atoms with Gasteiger partial charge in [0.25, 0.3) is 0 Å². The number of hydrogen-bond acceptors (Lipinski definition) is 2. The number of rotatable bonds is 3. The summed E-state index contributed by atoms with van der Waals surface area (Å²) < 4.78 is 10.9. The molecular weight excluding hydrogens is 256 g/mol. The molecule has 1 saturated heterocycles. The molecule has 0 radical (unpaired) electrons. The third-order valence-electron chi connectivity index (χ3n) is 2.82. The summed E-state index contributed by atoms with van der Waals surface area (Å²) in [6.45, 7) is 0.823. The molecule has 0 aromatic heterocycles. The minimum absolute atomic E-state index is 0.362. The third kappa shape index (κ3) is 2.52. The molecule has 1 aliphatic rings. The minimum atomic E-state index is 0.362. The van der Waals surface area contributed by atoms with Gasteiger partial charge in [-0.25, -0.2) is 0 Å². The number of hydrogen-bond donors (Lipinski definition) is 0. The number of ether oxygens (including phenoxy) is 2. The maximum Gasteiger partial charge on any atom is 0.119 e. The molecule has 0 spiro atoms. The Bertz CT molecular complexity index is 327. The number of benzene rings is 1. The van der Waals surface area contributed by atoms with Crippen LogP contribution in [0.25, 0.3) is 0 Å². The molecule has 2 rings (SSSR count). The van der Waals surface area contributed by atoms with Crippen molar-refractivity contribution in [1.29, 1.82) is 0 Å². The average Bonchev–Trinajstić information content (AvgIpc) is 2.78. The second-order valence-corrected chi connectivity index (χ2v) is 4.47. The van der Waals surface area contributed by atoms with Crippen LogP contribution in [0.1, 0.15) is 17.9 Å². The molecule has 1 aromatic carbocycles. The summed E-state index contributed by atoms with van der Waals surface area (Å²) in [7, 11) is 1.70. The van der Waals surface area contributed by atoms with Gasteiger partial charge in [0.05, 0.1) is 19.8 Å². The van der Waals surface area contributed by atoms with Crippen LogP contribution in [0.15, 0.2) is 24.3 Å². The Labute approximate surface area is 98.7 Å². The van der Waals surface area contributed by atoms with Crippen molar-refractivity contribution >= 4 is 15.9 Å². The van der Waals surface area contributed by atoms with E-state index in [0.29, 0.717) is 12.0 Å². The molecule has 1 aromatic rings. The number of halogens is 1. The molecule has 0 bridgehead atoms. The predicted molar refractivity (Wildman–Crippen MR) is 63.9 cm³/mol. The standard InChI is InChI=1S/C12H15BrO2/c1-14-11-4-2-3-9(5-11)10-6-12(7-13)15-8-10/h2-5,10,12H,6-8H2,1H3/t10-,12-/m0/s1. The van der Waals surface area contributed by atoms with E-state index in [9.17, 15) is 0 Å². The van der Waals surface area contributed by atoms with Crippen LogP contribution in [0.2, 0.25) is 0 Å². The Morgan fingerprint density at radius 3 is 3.07 bits per heavy atom. The highest BCUT2D eigenvalue weighted by Gasteiger charge is 2.25. The van der Waals surface area contributed by atoms with Gasteiger partial charge in [-0.15, -0.1) is 0 Å². The first-order chi connectivity index (χ1) is 7.33. The molecule has 82 valence electrons. The van der Waals surface area contributed by atoms with E-state index >= 15 is 0 Å². The molecule has 15 heavy (non-hydrogen) atoms. The second-order valence-electron chi connectivity index (χ2n) is 3.82. The van der Waals surface area contributed by atoms with Crippen molar-refractivity contribution in [2.45, 2.75) is 18.4 Å². The quantitative estimate of drug-likeness (QED) is 0.787. The molecule has 2 atom stereocenters. The fourth-order valence-corrected chi connectivity index (χ4v) is 2.39. The normalized spacial score (nSPS) is 25.5. The zero-order valence-corrected chi connectivity index (χ0v) is 10.4. The van der Waals surface area contributed by atoms with Gasteiger partial charge in [-0.3, -0.25) is 0 Å². The van der Waals surface area contributed by atoms with Crippen LogP contribution in [0.5, 0.6) is 5.75 Å². The number of alkyl halides is 1. The highest BCUT2D eigenvalue weighted by molar-refractivity contribution is 9.09. The Morgan fingerprint density at radius 2 is 2.40 bits per heavy atom. The van der Waals surface area contributed by atoms with E-state index in [-0.39, 0.29) is 0 Å². The van der Waals surface area contributed by atoms with Crippen molar-refractivity contribution in [2.24, 2.45) is 0 Å². The van der Waals surface area contributed by atoms with Gasteiger partial charge in [-0.1, -0.05) is 28.1 Å². The van der Waals surface area contributed by atoms with E-state index in [1.807, 2.05) is 12.1 Å². The van der Waals surface area contributed by atoms with Gasteiger partial charge in [0.1, 0.15) is 5.75 Å². The first-order valence-electron chi connectivity index (χ1n) is 5.15. The van der Waals surface area contributed by atoms with Crippen LogP contribution < -0.4 is 4.74 Å². The Morgan fingerprint density at radius 1 is 1.53 bits per heavy atom. The highest BCUT2D eigenvalue weighted by Crippen LogP contribution is 2.31. The Balaban J connectivity index is 2.09. The molecule has 0 aliphatic carbocycles. The van der Waals surface area contributed by atoms with E-state index in [1.54, 1.807) is 7.11 Å². The maximum atomic E-state index is 5.65. The molecule has 0 amide bonds. The molecule has 0 N–H and O–H groups in total. The lowest BCUT2D eigenvalue weighted by atomic mass is 9.96. The van der Waals surface area contributed by atoms with E-state index in [1.165, 1.54) is 5.56 Å². The van der Waals surface area contributed by atoms with Gasteiger partial charge >= 0.3 is 0 Å². The largest absolute Gasteiger partial charge is 0.497 e. The van der Waals surface area contributed by atoms with Gasteiger partial charge in [0.2, 0.25) is 0 Å². The van der Waals surface area contributed by atoms with Crippen LogP contribution in [-0.2, 0) is 4.74 Å². The Hall–Kier alpha value is -0.540. The van der Waals surface area contributed by atoms with Gasteiger partial charge in [0, 0.05) is 11.2 Å². The van der Waals surface area contributed by atoms with E-state index < -0.39 is 0 Å². The summed E-state index contributed by atoms with van der Waals surface area (Å²) >= 11 is 3.45. The fraction of sp³-hybridized carbons (Fsp3) is 0.500. The zero-order chi connectivity index (χ0) is 10.7. The monoisotopic (exact) mass is 270 g/mol. The summed E-state index contributed by atoms with van der Waals surface area (Å²) in [5, 5.41) is 0.924. The van der Waals surface area contributed by atoms with Crippen molar-refractivity contribution < 1.29 is 9.47 Å². The van der Waals surface area contributed by atoms with Gasteiger partial charge in [-0.2, -0.15) is 0 Å². The van der Waals surface area contributed by atoms with Crippen LogP contribution in [0.4, 0.5) is 0 Å². The molecule has 1 heterocycles. The zero-order valence-electron chi connectivity index (χ0n) is 8.78. The molecule has 3 heteroatoms. The molecule has 2 nitrogen and oxygen atoms in total. The first kappa shape index (κ1) is 11.0. The number of methoxy groups -OCH3 is 1. The van der Waals surface area contributed by atoms with Crippen LogP contribution in [0, 0.1) is 0 Å². The summed E-state index contributed by atoms with van der Waals surface area (Å²) in [5.74, 6) is 1.44. The minimum Gasteiger partial charge on any atom is -0.497 e. The molecule has 0 unspecified atom stereocenters. The van der Waals surface area contributed by atoms with Crippen molar-refractivity contribution in [3.05, 3.63) is 29.8 Å². The second kappa shape index (κ2) is 4.99. The lowest BCUT2D eigenvalue weighted by molar-refractivity contribution is 0.127. The lowest BCUT2D eigenvalue weighted by Gasteiger charge is -2.09. The molecular formula is C12H15BrO2. The third-order valence-corrected chi connectivity index (χ3v) is 3.54. The highest BCUT2D eigenvalue weighted by atomic mass is 79.9. The van der Waals surface area contributed by atoms with Crippen LogP contribution >= 0.6 is 15.9 Å². The van der Waals surface area contributed by atoms with E-state index in [2.05, 4.69) is 28.1 Å². The van der Waals surface area contributed by atoms with Crippen LogP contribution in [-0.4, -0.2) is 25.2 Å². The van der Waals surface area contributed by atoms with Crippen molar-refractivity contribution in [2.75, 3.05) is 19.0 Å². The van der Waals surface area contributed by atoms with Crippen LogP contribution in [0.3, 0.4) is 0 Å². The Kier molecular flexibility index (Phi) is 3.65. The molecule has 1 aliphatic heterocycles. The van der Waals surface area contributed by atoms with Crippen molar-refractivity contribution in [3.63, 3.8) is 0 Å². The van der Waals surface area contributed by atoms with E-state index in [4.69, 9.17) is 9.47 Å². The summed E-state index contributed by atoms with van der Waals surface area (Å²) in [6, 6.07) is 8.26. The summed E-state index contributed by atoms with van der Waals surface area (Å²) in [5.41, 5.74) is 1.32. The lowest BCUT2D eigenvalue weighted by Crippen LogP contribution is -2.05. The van der Waals surface area contributed by atoms with Gasteiger partial charge in [-0.05, 0) is 24.1 Å². The smallest absolute Gasteiger partial charge is 0.119 e. The fourth-order valence-electron chi connectivity index (χ4n) is 1.94. The topological polar surface area (TPSA) is 18.5 Å². The van der Waals surface area contributed by atoms with Gasteiger partial charge in [0.15, 0.2) is 0 Å². The maximum absolute atomic E-state index is 5.65. The van der Waals surface area contributed by atoms with Crippen molar-refractivity contribution in [1.82, 2.24) is 0 Å². The summed E-state index contributed by atoms with van der Waals surface area (Å²) in [6.07, 6.45) is 1.46. The van der Waals surface area contributed by atoms with E-state index in [0.717, 1.165) is 24.1 Å². The summed E-state index contributed by atoms with van der Waals surface area (Å²) in [4.78, 5) is 0.